The van der Waals surface area contributed by atoms with Crippen LogP contribution in [0.25, 0.3) is 0 Å². The molecule has 0 fully saturated rings. The third-order valence-electron chi connectivity index (χ3n) is 0.834. The van der Waals surface area contributed by atoms with Crippen LogP contribution in [0, 0.1) is 0 Å². The number of hydrogen-bond acceptors (Lipinski definition) is 5. The quantitative estimate of drug-likeness (QED) is 0.317. The highest BCUT2D eigenvalue weighted by molar-refractivity contribution is 7.99. The molecule has 0 unspecified atom stereocenters. The predicted octanol–water partition coefficient (Wildman–Crippen LogP) is -0.738. The van der Waals surface area contributed by atoms with Crippen molar-refractivity contribution in [3.8, 4) is 0 Å². The smallest absolute Gasteiger partial charge is 0.321 e. The molecule has 0 aliphatic carbocycles. The number of hydrogen-bond donors (Lipinski definition) is 2. The fourth-order valence-corrected chi connectivity index (χ4v) is 0.967. The van der Waals surface area contributed by atoms with Gasteiger partial charge in [-0.1, -0.05) is 0 Å². The van der Waals surface area contributed by atoms with E-state index in [0.717, 1.165) is 11.8 Å². The van der Waals surface area contributed by atoms with E-state index in [4.69, 9.17) is 10.8 Å². The lowest BCUT2D eigenvalue weighted by Crippen LogP contribution is -2.32. The Morgan fingerprint density at radius 3 is 2.91 bits per heavy atom. The van der Waals surface area contributed by atoms with E-state index in [2.05, 4.69) is 4.74 Å². The van der Waals surface area contributed by atoms with Gasteiger partial charge in [0, 0.05) is 5.75 Å². The minimum Gasteiger partial charge on any atom is -0.480 e. The fourth-order valence-electron chi connectivity index (χ4n) is 0.322. The van der Waals surface area contributed by atoms with Crippen molar-refractivity contribution in [2.24, 2.45) is 5.73 Å². The standard InChI is InChI=1S/C5H9NO4S/c6-4(5(8)9)1-11-3-10-2-7/h2,4H,1,3,6H2,(H,8,9)/t4-/m0/s1. The first-order chi connectivity index (χ1) is 5.18. The highest BCUT2D eigenvalue weighted by atomic mass is 32.2. The summed E-state index contributed by atoms with van der Waals surface area (Å²) >= 11 is 1.15. The van der Waals surface area contributed by atoms with Gasteiger partial charge in [-0.3, -0.25) is 9.59 Å². The second kappa shape index (κ2) is 5.99. The molecule has 0 saturated heterocycles. The molecule has 0 radical (unpaired) electrons. The number of nitrogens with two attached hydrogens (primary N) is 1. The highest BCUT2D eigenvalue weighted by Crippen LogP contribution is 2.00. The van der Waals surface area contributed by atoms with Gasteiger partial charge in [0.15, 0.2) is 0 Å². The van der Waals surface area contributed by atoms with Gasteiger partial charge in [0.1, 0.15) is 12.0 Å². The van der Waals surface area contributed by atoms with Gasteiger partial charge in [-0.2, -0.15) is 0 Å². The van der Waals surface area contributed by atoms with Crippen LogP contribution in [0.5, 0.6) is 0 Å². The third kappa shape index (κ3) is 5.68. The number of carboxylic acids is 1. The zero-order chi connectivity index (χ0) is 8.69. The molecule has 0 rings (SSSR count). The van der Waals surface area contributed by atoms with E-state index < -0.39 is 12.0 Å². The summed E-state index contributed by atoms with van der Waals surface area (Å²) in [4.78, 5) is 19.7. The first-order valence-electron chi connectivity index (χ1n) is 2.80. The molecule has 0 aliphatic rings. The van der Waals surface area contributed by atoms with Crippen molar-refractivity contribution in [3.05, 3.63) is 0 Å². The Balaban J connectivity index is 3.24. The van der Waals surface area contributed by atoms with Gasteiger partial charge in [0.2, 0.25) is 0 Å². The monoisotopic (exact) mass is 179 g/mol. The summed E-state index contributed by atoms with van der Waals surface area (Å²) in [5, 5.41) is 8.29. The van der Waals surface area contributed by atoms with Crippen molar-refractivity contribution in [1.82, 2.24) is 0 Å². The Morgan fingerprint density at radius 2 is 2.45 bits per heavy atom. The van der Waals surface area contributed by atoms with Crippen molar-refractivity contribution < 1.29 is 19.4 Å². The normalized spacial score (nSPS) is 12.1. The largest absolute Gasteiger partial charge is 0.480 e. The molecular formula is C5H9NO4S. The summed E-state index contributed by atoms with van der Waals surface area (Å²) in [6.07, 6.45) is 0. The average Bonchev–Trinajstić information content (AvgIpc) is 1.97. The number of aliphatic carboxylic acids is 1. The Labute approximate surface area is 67.9 Å². The first kappa shape index (κ1) is 10.2. The van der Waals surface area contributed by atoms with Crippen molar-refractivity contribution in [2.45, 2.75) is 6.04 Å². The van der Waals surface area contributed by atoms with E-state index in [1.807, 2.05) is 0 Å². The van der Waals surface area contributed by atoms with Crippen molar-refractivity contribution >= 4 is 24.2 Å². The summed E-state index contributed by atoms with van der Waals surface area (Å²) in [5.41, 5.74) is 5.13. The van der Waals surface area contributed by atoms with E-state index in [1.54, 1.807) is 0 Å². The molecule has 11 heavy (non-hydrogen) atoms. The van der Waals surface area contributed by atoms with Crippen LogP contribution in [-0.4, -0.2) is 35.3 Å². The number of ether oxygens (including phenoxy) is 1. The lowest BCUT2D eigenvalue weighted by atomic mass is 10.4. The Morgan fingerprint density at radius 1 is 1.82 bits per heavy atom. The van der Waals surface area contributed by atoms with E-state index >= 15 is 0 Å². The van der Waals surface area contributed by atoms with E-state index in [9.17, 15) is 9.59 Å². The molecule has 5 nitrogen and oxygen atoms in total. The number of carbonyl (C=O) groups excluding carboxylic acids is 1. The van der Waals surface area contributed by atoms with Crippen LogP contribution in [0.1, 0.15) is 0 Å². The van der Waals surface area contributed by atoms with Crippen molar-refractivity contribution in [1.29, 1.82) is 0 Å². The molecule has 0 amide bonds. The molecular weight excluding hydrogens is 170 g/mol. The summed E-state index contributed by atoms with van der Waals surface area (Å²) in [6, 6.07) is -0.893. The molecule has 1 atom stereocenters. The van der Waals surface area contributed by atoms with Crippen LogP contribution in [0.15, 0.2) is 0 Å². The molecule has 0 aromatic rings. The molecule has 0 saturated carbocycles. The van der Waals surface area contributed by atoms with Crippen LogP contribution in [0.2, 0.25) is 0 Å². The molecule has 0 aromatic heterocycles. The molecule has 0 aromatic carbocycles. The van der Waals surface area contributed by atoms with E-state index in [-0.39, 0.29) is 11.7 Å². The van der Waals surface area contributed by atoms with E-state index in [0.29, 0.717) is 6.47 Å². The van der Waals surface area contributed by atoms with Gasteiger partial charge in [-0.25, -0.2) is 0 Å². The highest BCUT2D eigenvalue weighted by Gasteiger charge is 2.10. The van der Waals surface area contributed by atoms with Gasteiger partial charge in [-0.15, -0.1) is 11.8 Å². The number of carbonyl (C=O) groups is 2. The van der Waals surface area contributed by atoms with Gasteiger partial charge in [0.05, 0.1) is 0 Å². The average molecular weight is 179 g/mol. The lowest BCUT2D eigenvalue weighted by Gasteiger charge is -2.03. The SMILES string of the molecule is N[C@@H](CSCOC=O)C(=O)O. The second-order valence-corrected chi connectivity index (χ2v) is 2.67. The summed E-state index contributed by atoms with van der Waals surface area (Å²) < 4.78 is 4.30. The van der Waals surface area contributed by atoms with Crippen LogP contribution in [0.4, 0.5) is 0 Å². The van der Waals surface area contributed by atoms with Gasteiger partial charge in [0.25, 0.3) is 6.47 Å². The molecule has 64 valence electrons. The topological polar surface area (TPSA) is 89.6 Å². The van der Waals surface area contributed by atoms with E-state index in [1.165, 1.54) is 0 Å². The fraction of sp³-hybridized carbons (Fsp3) is 0.600. The Hall–Kier alpha value is -0.750. The maximum absolute atomic E-state index is 10.1. The van der Waals surface area contributed by atoms with Crippen LogP contribution in [0.3, 0.4) is 0 Å². The predicted molar refractivity (Wildman–Crippen MR) is 40.1 cm³/mol. The molecule has 0 bridgehead atoms. The summed E-state index contributed by atoms with van der Waals surface area (Å²) in [6.45, 7) is 0.305. The van der Waals surface area contributed by atoms with Gasteiger partial charge >= 0.3 is 5.97 Å². The minimum absolute atomic E-state index is 0.143. The maximum atomic E-state index is 10.1. The molecule has 0 aliphatic heterocycles. The number of carboxylic acid groups (broad SMARTS) is 1. The Kier molecular flexibility index (Phi) is 5.58. The van der Waals surface area contributed by atoms with Crippen LogP contribution in [-0.2, 0) is 14.3 Å². The zero-order valence-corrected chi connectivity index (χ0v) is 6.54. The van der Waals surface area contributed by atoms with Crippen molar-refractivity contribution in [3.63, 3.8) is 0 Å². The molecule has 3 N–H and O–H groups in total. The maximum Gasteiger partial charge on any atom is 0.321 e. The summed E-state index contributed by atoms with van der Waals surface area (Å²) in [7, 11) is 0. The van der Waals surface area contributed by atoms with Gasteiger partial charge in [-0.05, 0) is 0 Å². The van der Waals surface area contributed by atoms with Gasteiger partial charge < -0.3 is 15.6 Å². The van der Waals surface area contributed by atoms with Crippen LogP contribution >= 0.6 is 11.8 Å². The number of thioether (sulfide) groups is 1. The molecule has 0 spiro atoms. The molecule has 6 heteroatoms. The first-order valence-corrected chi connectivity index (χ1v) is 3.95. The zero-order valence-electron chi connectivity index (χ0n) is 5.73. The second-order valence-electron chi connectivity index (χ2n) is 1.70. The molecule has 0 heterocycles. The minimum atomic E-state index is -1.05. The summed E-state index contributed by atoms with van der Waals surface area (Å²) in [5.74, 6) is -0.670. The lowest BCUT2D eigenvalue weighted by molar-refractivity contribution is -0.137. The number of rotatable bonds is 6. The Bertz CT molecular complexity index is 140. The van der Waals surface area contributed by atoms with Crippen molar-refractivity contribution in [2.75, 3.05) is 11.7 Å². The van der Waals surface area contributed by atoms with Crippen LogP contribution < -0.4 is 5.73 Å². The third-order valence-corrected chi connectivity index (χ3v) is 1.73.